The number of amides is 4. The fourth-order valence-electron chi connectivity index (χ4n) is 3.09. The lowest BCUT2D eigenvalue weighted by molar-refractivity contribution is -0.119. The van der Waals surface area contributed by atoms with E-state index in [1.165, 1.54) is 12.3 Å². The molecule has 1 aromatic carbocycles. The molecule has 1 unspecified atom stereocenters. The van der Waals surface area contributed by atoms with Crippen LogP contribution in [0, 0.1) is 0 Å². The van der Waals surface area contributed by atoms with Crippen LogP contribution >= 0.6 is 23.4 Å². The van der Waals surface area contributed by atoms with Crippen LogP contribution < -0.4 is 10.2 Å². The van der Waals surface area contributed by atoms with E-state index in [0.29, 0.717) is 23.7 Å². The Bertz CT molecular complexity index is 900. The summed E-state index contributed by atoms with van der Waals surface area (Å²) in [6.07, 6.45) is 1.53. The molecule has 0 bridgehead atoms. The fraction of sp³-hybridized carbons (Fsp3) is 0.222. The van der Waals surface area contributed by atoms with Gasteiger partial charge in [0, 0.05) is 29.9 Å². The van der Waals surface area contributed by atoms with Crippen molar-refractivity contribution < 1.29 is 14.4 Å². The number of benzene rings is 1. The highest BCUT2D eigenvalue weighted by atomic mass is 35.5. The van der Waals surface area contributed by atoms with Crippen LogP contribution in [0.1, 0.15) is 10.5 Å². The maximum atomic E-state index is 12.7. The summed E-state index contributed by atoms with van der Waals surface area (Å²) >= 11 is 7.99. The number of hydrogen-bond donors (Lipinski definition) is 1. The zero-order valence-corrected chi connectivity index (χ0v) is 15.7. The Labute approximate surface area is 164 Å². The first kappa shape index (κ1) is 17.8. The molecule has 2 aliphatic rings. The highest BCUT2D eigenvalue weighted by molar-refractivity contribution is 7.99. The van der Waals surface area contributed by atoms with E-state index >= 15 is 0 Å². The highest BCUT2D eigenvalue weighted by Crippen LogP contribution is 2.35. The molecule has 3 heterocycles. The van der Waals surface area contributed by atoms with Crippen LogP contribution in [0.25, 0.3) is 0 Å². The Balaban J connectivity index is 1.56. The Morgan fingerprint density at radius 1 is 1.26 bits per heavy atom. The van der Waals surface area contributed by atoms with Crippen LogP contribution in [-0.4, -0.2) is 51.8 Å². The zero-order chi connectivity index (χ0) is 19.0. The Morgan fingerprint density at radius 2 is 2.11 bits per heavy atom. The standard InChI is InChI=1S/C18H15ClN4O3S/c19-12-9-11(21-16(24)13-3-1-2-6-20-13)4-5-14(12)23-17(25)15-10-27-8-7-22(15)18(23)26/h1-6,9,15H,7-8,10H2,(H,21,24). The van der Waals surface area contributed by atoms with Crippen LogP contribution in [-0.2, 0) is 4.79 Å². The van der Waals surface area contributed by atoms with Crippen molar-refractivity contribution in [2.24, 2.45) is 0 Å². The number of aromatic nitrogens is 1. The molecule has 2 aromatic rings. The van der Waals surface area contributed by atoms with Crippen molar-refractivity contribution in [3.05, 3.63) is 53.3 Å². The summed E-state index contributed by atoms with van der Waals surface area (Å²) in [7, 11) is 0. The van der Waals surface area contributed by atoms with E-state index < -0.39 is 6.04 Å². The molecule has 0 aliphatic carbocycles. The lowest BCUT2D eigenvalue weighted by atomic mass is 10.2. The van der Waals surface area contributed by atoms with Crippen molar-refractivity contribution in [3.8, 4) is 0 Å². The maximum Gasteiger partial charge on any atom is 0.332 e. The molecule has 0 saturated carbocycles. The molecule has 1 atom stereocenters. The van der Waals surface area contributed by atoms with Crippen LogP contribution in [0.4, 0.5) is 16.2 Å². The Hall–Kier alpha value is -2.58. The minimum absolute atomic E-state index is 0.211. The normalized spacial score (nSPS) is 19.2. The quantitative estimate of drug-likeness (QED) is 0.798. The average Bonchev–Trinajstić information content (AvgIpc) is 2.94. The van der Waals surface area contributed by atoms with E-state index in [2.05, 4.69) is 10.3 Å². The van der Waals surface area contributed by atoms with E-state index in [4.69, 9.17) is 11.6 Å². The second-order valence-corrected chi connectivity index (χ2v) is 7.63. The van der Waals surface area contributed by atoms with Gasteiger partial charge in [-0.05, 0) is 30.3 Å². The predicted octanol–water partition coefficient (Wildman–Crippen LogP) is 2.87. The number of urea groups is 1. The van der Waals surface area contributed by atoms with E-state index in [9.17, 15) is 14.4 Å². The molecule has 2 fully saturated rings. The Kier molecular flexibility index (Phi) is 4.75. The summed E-state index contributed by atoms with van der Waals surface area (Å²) in [5.74, 6) is 0.772. The number of fused-ring (bicyclic) bond motifs is 1. The zero-order valence-electron chi connectivity index (χ0n) is 14.1. The van der Waals surface area contributed by atoms with Gasteiger partial charge in [0.15, 0.2) is 0 Å². The monoisotopic (exact) mass is 402 g/mol. The van der Waals surface area contributed by atoms with Gasteiger partial charge in [0.1, 0.15) is 11.7 Å². The fourth-order valence-corrected chi connectivity index (χ4v) is 4.39. The molecule has 0 spiro atoms. The lowest BCUT2D eigenvalue weighted by Crippen LogP contribution is -2.41. The Morgan fingerprint density at radius 3 is 2.81 bits per heavy atom. The third-order valence-electron chi connectivity index (χ3n) is 4.41. The predicted molar refractivity (Wildman–Crippen MR) is 104 cm³/mol. The number of nitrogens with one attached hydrogen (secondary N) is 1. The first-order valence-electron chi connectivity index (χ1n) is 8.30. The number of carbonyl (C=O) groups excluding carboxylic acids is 3. The van der Waals surface area contributed by atoms with E-state index in [-0.39, 0.29) is 28.6 Å². The molecule has 27 heavy (non-hydrogen) atoms. The highest BCUT2D eigenvalue weighted by Gasteiger charge is 2.47. The van der Waals surface area contributed by atoms with E-state index in [1.54, 1.807) is 47.0 Å². The number of anilines is 2. The third kappa shape index (κ3) is 3.26. The molecule has 0 radical (unpaired) electrons. The molecule has 4 rings (SSSR count). The van der Waals surface area contributed by atoms with Gasteiger partial charge >= 0.3 is 6.03 Å². The van der Waals surface area contributed by atoms with Gasteiger partial charge in [-0.25, -0.2) is 9.69 Å². The molecule has 2 aliphatic heterocycles. The summed E-state index contributed by atoms with van der Waals surface area (Å²) in [6, 6.07) is 8.94. The second kappa shape index (κ2) is 7.21. The SMILES string of the molecule is O=C(Nc1ccc(N2C(=O)C3CSCCN3C2=O)c(Cl)c1)c1ccccn1. The summed E-state index contributed by atoms with van der Waals surface area (Å²) in [5.41, 5.74) is 1.05. The number of pyridine rings is 1. The van der Waals surface area contributed by atoms with Gasteiger partial charge in [0.25, 0.3) is 11.8 Å². The minimum atomic E-state index is -0.434. The number of imide groups is 1. The number of thioether (sulfide) groups is 1. The van der Waals surface area contributed by atoms with Crippen LogP contribution in [0.5, 0.6) is 0 Å². The molecule has 138 valence electrons. The lowest BCUT2D eigenvalue weighted by Gasteiger charge is -2.25. The molecule has 9 heteroatoms. The van der Waals surface area contributed by atoms with Crippen molar-refractivity contribution in [1.29, 1.82) is 0 Å². The minimum Gasteiger partial charge on any atom is -0.321 e. The van der Waals surface area contributed by atoms with Gasteiger partial charge in [-0.2, -0.15) is 11.8 Å². The van der Waals surface area contributed by atoms with Gasteiger partial charge in [-0.1, -0.05) is 17.7 Å². The van der Waals surface area contributed by atoms with E-state index in [0.717, 1.165) is 10.7 Å². The van der Waals surface area contributed by atoms with Crippen LogP contribution in [0.3, 0.4) is 0 Å². The van der Waals surface area contributed by atoms with Crippen molar-refractivity contribution >= 4 is 52.6 Å². The third-order valence-corrected chi connectivity index (χ3v) is 5.74. The first-order chi connectivity index (χ1) is 13.1. The van der Waals surface area contributed by atoms with Crippen molar-refractivity contribution in [3.63, 3.8) is 0 Å². The second-order valence-electron chi connectivity index (χ2n) is 6.08. The van der Waals surface area contributed by atoms with E-state index in [1.807, 2.05) is 0 Å². The molecule has 1 N–H and O–H groups in total. The molecule has 4 amide bonds. The van der Waals surface area contributed by atoms with Gasteiger partial charge in [-0.15, -0.1) is 0 Å². The number of rotatable bonds is 3. The van der Waals surface area contributed by atoms with Crippen molar-refractivity contribution in [2.45, 2.75) is 6.04 Å². The molecule has 1 aromatic heterocycles. The molecular formula is C18H15ClN4O3S. The number of carbonyl (C=O) groups is 3. The topological polar surface area (TPSA) is 82.6 Å². The number of hydrogen-bond acceptors (Lipinski definition) is 5. The van der Waals surface area contributed by atoms with Crippen molar-refractivity contribution in [2.75, 3.05) is 28.3 Å². The van der Waals surface area contributed by atoms with Crippen molar-refractivity contribution in [1.82, 2.24) is 9.88 Å². The van der Waals surface area contributed by atoms with Gasteiger partial charge in [0.2, 0.25) is 0 Å². The smallest absolute Gasteiger partial charge is 0.321 e. The summed E-state index contributed by atoms with van der Waals surface area (Å²) in [4.78, 5) is 44.2. The largest absolute Gasteiger partial charge is 0.332 e. The molecular weight excluding hydrogens is 388 g/mol. The maximum absolute atomic E-state index is 12.7. The number of halogens is 1. The first-order valence-corrected chi connectivity index (χ1v) is 9.84. The molecule has 2 saturated heterocycles. The average molecular weight is 403 g/mol. The van der Waals surface area contributed by atoms with Gasteiger partial charge in [-0.3, -0.25) is 14.6 Å². The number of nitrogens with zero attached hydrogens (tertiary/aromatic N) is 3. The summed E-state index contributed by atoms with van der Waals surface area (Å²) in [5, 5.41) is 2.91. The summed E-state index contributed by atoms with van der Waals surface area (Å²) in [6.45, 7) is 0.548. The van der Waals surface area contributed by atoms with Crippen LogP contribution in [0.15, 0.2) is 42.6 Å². The van der Waals surface area contributed by atoms with Gasteiger partial charge in [0.05, 0.1) is 10.7 Å². The summed E-state index contributed by atoms with van der Waals surface area (Å²) < 4.78 is 0. The van der Waals surface area contributed by atoms with Gasteiger partial charge < -0.3 is 10.2 Å². The molecule has 7 nitrogen and oxygen atoms in total. The van der Waals surface area contributed by atoms with Crippen LogP contribution in [0.2, 0.25) is 5.02 Å².